The summed E-state index contributed by atoms with van der Waals surface area (Å²) in [7, 11) is 1.28. The highest BCUT2D eigenvalue weighted by molar-refractivity contribution is 6.32. The van der Waals surface area contributed by atoms with Crippen molar-refractivity contribution in [3.05, 3.63) is 22.7 Å². The molecule has 15 heavy (non-hydrogen) atoms. The summed E-state index contributed by atoms with van der Waals surface area (Å²) in [5, 5.41) is 0.107. The fourth-order valence-corrected chi connectivity index (χ4v) is 1.35. The van der Waals surface area contributed by atoms with Gasteiger partial charge in [-0.25, -0.2) is 14.8 Å². The van der Waals surface area contributed by atoms with Gasteiger partial charge in [0.1, 0.15) is 0 Å². The van der Waals surface area contributed by atoms with Crippen molar-refractivity contribution < 1.29 is 9.53 Å². The zero-order valence-corrected chi connectivity index (χ0v) is 9.54. The smallest absolute Gasteiger partial charge is 0.359 e. The van der Waals surface area contributed by atoms with Crippen molar-refractivity contribution in [3.8, 4) is 0 Å². The van der Waals surface area contributed by atoms with Crippen molar-refractivity contribution in [1.29, 1.82) is 0 Å². The second-order valence-electron chi connectivity index (χ2n) is 3.10. The number of ether oxygens (including phenoxy) is 1. The highest BCUT2D eigenvalue weighted by Crippen LogP contribution is 2.12. The Morgan fingerprint density at radius 2 is 2.33 bits per heavy atom. The average molecular weight is 229 g/mol. The molecule has 0 saturated heterocycles. The molecule has 1 aromatic heterocycles. The van der Waals surface area contributed by atoms with E-state index in [0.717, 1.165) is 25.0 Å². The number of unbranched alkanes of at least 4 members (excludes halogenated alkanes) is 1. The molecule has 1 aromatic rings. The van der Waals surface area contributed by atoms with Crippen LogP contribution in [0.4, 0.5) is 0 Å². The maximum atomic E-state index is 11.2. The molecule has 0 unspecified atom stereocenters. The van der Waals surface area contributed by atoms with Gasteiger partial charge < -0.3 is 4.74 Å². The number of aromatic nitrogens is 2. The van der Waals surface area contributed by atoms with Crippen LogP contribution in [-0.4, -0.2) is 23.0 Å². The first kappa shape index (κ1) is 11.9. The van der Waals surface area contributed by atoms with Gasteiger partial charge in [0.15, 0.2) is 10.8 Å². The van der Waals surface area contributed by atoms with Crippen molar-refractivity contribution in [2.75, 3.05) is 7.11 Å². The van der Waals surface area contributed by atoms with Crippen molar-refractivity contribution in [2.45, 2.75) is 26.2 Å². The molecule has 0 aliphatic rings. The number of rotatable bonds is 4. The first-order chi connectivity index (χ1) is 7.19. The van der Waals surface area contributed by atoms with Crippen LogP contribution in [0.25, 0.3) is 0 Å². The van der Waals surface area contributed by atoms with Crippen LogP contribution in [0.5, 0.6) is 0 Å². The van der Waals surface area contributed by atoms with Crippen LogP contribution in [-0.2, 0) is 11.2 Å². The molecule has 0 radical (unpaired) electrons. The van der Waals surface area contributed by atoms with Crippen LogP contribution < -0.4 is 0 Å². The number of hydrogen-bond acceptors (Lipinski definition) is 4. The fourth-order valence-electron chi connectivity index (χ4n) is 1.11. The zero-order valence-electron chi connectivity index (χ0n) is 8.79. The monoisotopic (exact) mass is 228 g/mol. The summed E-state index contributed by atoms with van der Waals surface area (Å²) >= 11 is 5.81. The number of carbonyl (C=O) groups is 1. The van der Waals surface area contributed by atoms with Crippen LogP contribution in [0.3, 0.4) is 0 Å². The highest BCUT2D eigenvalue weighted by Gasteiger charge is 2.13. The number of hydrogen-bond donors (Lipinski definition) is 0. The normalized spacial score (nSPS) is 10.1. The lowest BCUT2D eigenvalue weighted by Gasteiger charge is -2.03. The third-order valence-corrected chi connectivity index (χ3v) is 2.21. The summed E-state index contributed by atoms with van der Waals surface area (Å²) in [6.45, 7) is 2.10. The Balaban J connectivity index is 2.83. The molecule has 0 fully saturated rings. The fraction of sp³-hybridized carbons (Fsp3) is 0.500. The molecule has 4 nitrogen and oxygen atoms in total. The third-order valence-electron chi connectivity index (χ3n) is 1.95. The van der Waals surface area contributed by atoms with E-state index in [1.807, 2.05) is 0 Å². The number of carbonyl (C=O) groups excluding carboxylic acids is 1. The summed E-state index contributed by atoms with van der Waals surface area (Å²) in [4.78, 5) is 19.2. The molecule has 0 bridgehead atoms. The molecule has 1 heterocycles. The quantitative estimate of drug-likeness (QED) is 0.742. The Kier molecular flexibility index (Phi) is 4.49. The van der Waals surface area contributed by atoms with E-state index in [-0.39, 0.29) is 10.8 Å². The van der Waals surface area contributed by atoms with Gasteiger partial charge in [0.2, 0.25) is 0 Å². The van der Waals surface area contributed by atoms with Crippen molar-refractivity contribution in [3.63, 3.8) is 0 Å². The first-order valence-electron chi connectivity index (χ1n) is 4.78. The Hall–Kier alpha value is -1.16. The number of nitrogens with zero attached hydrogens (tertiary/aromatic N) is 2. The van der Waals surface area contributed by atoms with E-state index < -0.39 is 5.97 Å². The van der Waals surface area contributed by atoms with Crippen molar-refractivity contribution in [1.82, 2.24) is 9.97 Å². The van der Waals surface area contributed by atoms with Crippen LogP contribution in [0.1, 0.15) is 35.9 Å². The van der Waals surface area contributed by atoms with E-state index in [1.54, 1.807) is 6.20 Å². The van der Waals surface area contributed by atoms with Gasteiger partial charge in [-0.2, -0.15) is 0 Å². The van der Waals surface area contributed by atoms with Gasteiger partial charge in [-0.05, 0) is 12.8 Å². The largest absolute Gasteiger partial charge is 0.464 e. The average Bonchev–Trinajstić information content (AvgIpc) is 2.25. The van der Waals surface area contributed by atoms with E-state index >= 15 is 0 Å². The van der Waals surface area contributed by atoms with Gasteiger partial charge in [-0.3, -0.25) is 0 Å². The van der Waals surface area contributed by atoms with Crippen molar-refractivity contribution >= 4 is 17.6 Å². The minimum Gasteiger partial charge on any atom is -0.464 e. The molecule has 0 aromatic carbocycles. The predicted octanol–water partition coefficient (Wildman–Crippen LogP) is 2.26. The second-order valence-corrected chi connectivity index (χ2v) is 3.45. The highest BCUT2D eigenvalue weighted by atomic mass is 35.5. The van der Waals surface area contributed by atoms with Gasteiger partial charge in [0.05, 0.1) is 12.8 Å². The van der Waals surface area contributed by atoms with E-state index in [9.17, 15) is 4.79 Å². The summed E-state index contributed by atoms with van der Waals surface area (Å²) < 4.78 is 4.51. The van der Waals surface area contributed by atoms with Gasteiger partial charge >= 0.3 is 5.97 Å². The molecule has 0 N–H and O–H groups in total. The van der Waals surface area contributed by atoms with E-state index in [0.29, 0.717) is 0 Å². The standard InChI is InChI=1S/C10H13ClN2O2/c1-3-4-5-7-6-12-8(9(11)13-7)10(14)15-2/h6H,3-5H2,1-2H3. The minimum atomic E-state index is -0.561. The Bertz CT molecular complexity index is 355. The molecule has 82 valence electrons. The van der Waals surface area contributed by atoms with E-state index in [1.165, 1.54) is 7.11 Å². The van der Waals surface area contributed by atoms with E-state index in [4.69, 9.17) is 11.6 Å². The molecule has 0 aliphatic carbocycles. The lowest BCUT2D eigenvalue weighted by molar-refractivity contribution is 0.0593. The first-order valence-corrected chi connectivity index (χ1v) is 5.16. The van der Waals surface area contributed by atoms with Gasteiger partial charge in [-0.1, -0.05) is 24.9 Å². The third kappa shape index (κ3) is 3.16. The lowest BCUT2D eigenvalue weighted by Crippen LogP contribution is -2.07. The summed E-state index contributed by atoms with van der Waals surface area (Å²) in [6, 6.07) is 0. The zero-order chi connectivity index (χ0) is 11.3. The minimum absolute atomic E-state index is 0.0689. The van der Waals surface area contributed by atoms with E-state index in [2.05, 4.69) is 21.6 Å². The molecule has 1 rings (SSSR count). The van der Waals surface area contributed by atoms with Crippen LogP contribution >= 0.6 is 11.6 Å². The molecule has 0 aliphatic heterocycles. The maximum Gasteiger partial charge on any atom is 0.359 e. The summed E-state index contributed by atoms with van der Waals surface area (Å²) in [5.41, 5.74) is 0.869. The topological polar surface area (TPSA) is 52.1 Å². The van der Waals surface area contributed by atoms with Crippen LogP contribution in [0, 0.1) is 0 Å². The number of esters is 1. The Labute approximate surface area is 93.6 Å². The molecule has 0 atom stereocenters. The molecule has 0 amide bonds. The van der Waals surface area contributed by atoms with Gasteiger partial charge in [0.25, 0.3) is 0 Å². The molecular weight excluding hydrogens is 216 g/mol. The van der Waals surface area contributed by atoms with Crippen molar-refractivity contribution in [2.24, 2.45) is 0 Å². The molecule has 5 heteroatoms. The Morgan fingerprint density at radius 1 is 1.60 bits per heavy atom. The summed E-state index contributed by atoms with van der Waals surface area (Å²) in [5.74, 6) is -0.561. The van der Waals surface area contributed by atoms with Crippen LogP contribution in [0.2, 0.25) is 5.15 Å². The number of methoxy groups -OCH3 is 1. The number of aryl methyl sites for hydroxylation is 1. The number of halogens is 1. The van der Waals surface area contributed by atoms with Crippen LogP contribution in [0.15, 0.2) is 6.20 Å². The molecular formula is C10H13ClN2O2. The van der Waals surface area contributed by atoms with Gasteiger partial charge in [0, 0.05) is 6.20 Å². The SMILES string of the molecule is CCCCc1cnc(C(=O)OC)c(Cl)n1. The Morgan fingerprint density at radius 3 is 2.87 bits per heavy atom. The molecule has 0 spiro atoms. The maximum absolute atomic E-state index is 11.2. The lowest BCUT2D eigenvalue weighted by atomic mass is 10.2. The predicted molar refractivity (Wildman–Crippen MR) is 57.0 cm³/mol. The van der Waals surface area contributed by atoms with Gasteiger partial charge in [-0.15, -0.1) is 0 Å². The second kappa shape index (κ2) is 5.66. The summed E-state index contributed by atoms with van der Waals surface area (Å²) in [6.07, 6.45) is 4.50. The molecule has 0 saturated carbocycles.